The second-order valence-corrected chi connectivity index (χ2v) is 6.99. The van der Waals surface area contributed by atoms with Crippen LogP contribution in [0.5, 0.6) is 0 Å². The Kier molecular flexibility index (Phi) is 5.49. The maximum atomic E-state index is 12.1. The first-order valence-electron chi connectivity index (χ1n) is 6.36. The quantitative estimate of drug-likeness (QED) is 0.518. The maximum absolute atomic E-state index is 12.1. The molecule has 0 spiro atoms. The minimum atomic E-state index is -3.24. The number of sulfone groups is 1. The minimum absolute atomic E-state index is 0.0129. The van der Waals surface area contributed by atoms with E-state index in [1.807, 2.05) is 0 Å². The SMILES string of the molecule is CCOC(=O)C1(CCS(=O)(=O)CC)COCCC1=O. The lowest BCUT2D eigenvalue weighted by Gasteiger charge is -2.32. The van der Waals surface area contributed by atoms with Crippen molar-refractivity contribution in [1.82, 2.24) is 0 Å². The number of hydrogen-bond donors (Lipinski definition) is 0. The second-order valence-electron chi connectivity index (χ2n) is 4.51. The molecule has 0 radical (unpaired) electrons. The summed E-state index contributed by atoms with van der Waals surface area (Å²) in [4.78, 5) is 24.1. The van der Waals surface area contributed by atoms with Gasteiger partial charge in [-0.05, 0) is 13.3 Å². The number of Topliss-reactive ketones (excluding diaryl/α,β-unsaturated/α-hetero) is 1. The standard InChI is InChI=1S/C12H20O6S/c1-3-18-11(14)12(6-8-19(15,16)4-2)9-17-7-5-10(12)13/h3-9H2,1-2H3. The molecule has 0 N–H and O–H groups in total. The van der Waals surface area contributed by atoms with Crippen LogP contribution in [0, 0.1) is 5.41 Å². The van der Waals surface area contributed by atoms with E-state index in [2.05, 4.69) is 0 Å². The lowest BCUT2D eigenvalue weighted by Crippen LogP contribution is -2.49. The zero-order chi connectivity index (χ0) is 14.5. The molecule has 1 aliphatic heterocycles. The van der Waals surface area contributed by atoms with E-state index in [4.69, 9.17) is 9.47 Å². The molecule has 1 rings (SSSR count). The Balaban J connectivity index is 2.92. The molecule has 0 aliphatic carbocycles. The summed E-state index contributed by atoms with van der Waals surface area (Å²) in [6.07, 6.45) is 0.0474. The monoisotopic (exact) mass is 292 g/mol. The second kappa shape index (κ2) is 6.47. The van der Waals surface area contributed by atoms with Crippen LogP contribution >= 0.6 is 0 Å². The first-order valence-corrected chi connectivity index (χ1v) is 8.19. The van der Waals surface area contributed by atoms with Crippen molar-refractivity contribution < 1.29 is 27.5 Å². The van der Waals surface area contributed by atoms with E-state index < -0.39 is 21.2 Å². The molecule has 1 saturated heterocycles. The summed E-state index contributed by atoms with van der Waals surface area (Å²) < 4.78 is 33.3. The molecule has 1 aliphatic rings. The van der Waals surface area contributed by atoms with Crippen LogP contribution < -0.4 is 0 Å². The summed E-state index contributed by atoms with van der Waals surface area (Å²) >= 11 is 0. The highest BCUT2D eigenvalue weighted by atomic mass is 32.2. The highest BCUT2D eigenvalue weighted by Crippen LogP contribution is 2.31. The molecule has 110 valence electrons. The van der Waals surface area contributed by atoms with Crippen LogP contribution in [0.3, 0.4) is 0 Å². The zero-order valence-electron chi connectivity index (χ0n) is 11.3. The highest BCUT2D eigenvalue weighted by molar-refractivity contribution is 7.91. The van der Waals surface area contributed by atoms with Gasteiger partial charge in [0.25, 0.3) is 0 Å². The molecule has 0 saturated carbocycles. The van der Waals surface area contributed by atoms with Crippen LogP contribution in [0.4, 0.5) is 0 Å². The van der Waals surface area contributed by atoms with Crippen molar-refractivity contribution >= 4 is 21.6 Å². The molecule has 6 nitrogen and oxygen atoms in total. The van der Waals surface area contributed by atoms with Gasteiger partial charge in [-0.2, -0.15) is 0 Å². The number of ether oxygens (including phenoxy) is 2. The fourth-order valence-corrected chi connectivity index (χ4v) is 2.91. The molecule has 0 bridgehead atoms. The summed E-state index contributed by atoms with van der Waals surface area (Å²) in [6.45, 7) is 3.49. The third-order valence-electron chi connectivity index (χ3n) is 3.30. The van der Waals surface area contributed by atoms with E-state index in [0.717, 1.165) is 0 Å². The summed E-state index contributed by atoms with van der Waals surface area (Å²) in [6, 6.07) is 0. The van der Waals surface area contributed by atoms with Gasteiger partial charge in [-0.25, -0.2) is 8.42 Å². The van der Waals surface area contributed by atoms with Crippen LogP contribution in [-0.2, 0) is 28.9 Å². The smallest absolute Gasteiger partial charge is 0.322 e. The molecular formula is C12H20O6S. The molecule has 1 heterocycles. The number of ketones is 1. The van der Waals surface area contributed by atoms with E-state index in [0.29, 0.717) is 0 Å². The van der Waals surface area contributed by atoms with Gasteiger partial charge in [-0.1, -0.05) is 6.92 Å². The van der Waals surface area contributed by atoms with Gasteiger partial charge < -0.3 is 9.47 Å². The Morgan fingerprint density at radius 3 is 2.63 bits per heavy atom. The minimum Gasteiger partial charge on any atom is -0.465 e. The van der Waals surface area contributed by atoms with Crippen molar-refractivity contribution in [2.75, 3.05) is 31.3 Å². The molecule has 0 aromatic carbocycles. The van der Waals surface area contributed by atoms with Crippen molar-refractivity contribution in [3.8, 4) is 0 Å². The van der Waals surface area contributed by atoms with Crippen molar-refractivity contribution in [3.63, 3.8) is 0 Å². The molecule has 19 heavy (non-hydrogen) atoms. The summed E-state index contributed by atoms with van der Waals surface area (Å²) in [5.41, 5.74) is -1.45. The average molecular weight is 292 g/mol. The topological polar surface area (TPSA) is 86.7 Å². The first-order chi connectivity index (χ1) is 8.88. The molecule has 0 amide bonds. The Hall–Kier alpha value is -0.950. The predicted molar refractivity (Wildman–Crippen MR) is 68.5 cm³/mol. The largest absolute Gasteiger partial charge is 0.465 e. The maximum Gasteiger partial charge on any atom is 0.322 e. The Morgan fingerprint density at radius 1 is 1.42 bits per heavy atom. The average Bonchev–Trinajstić information content (AvgIpc) is 2.38. The fourth-order valence-electron chi connectivity index (χ4n) is 1.96. The van der Waals surface area contributed by atoms with Crippen LogP contribution in [0.2, 0.25) is 0 Å². The highest BCUT2D eigenvalue weighted by Gasteiger charge is 2.49. The van der Waals surface area contributed by atoms with Crippen molar-refractivity contribution in [1.29, 1.82) is 0 Å². The van der Waals surface area contributed by atoms with Crippen LogP contribution in [0.15, 0.2) is 0 Å². The van der Waals surface area contributed by atoms with E-state index >= 15 is 0 Å². The third-order valence-corrected chi connectivity index (χ3v) is 5.01. The number of hydrogen-bond acceptors (Lipinski definition) is 6. The van der Waals surface area contributed by atoms with Gasteiger partial charge >= 0.3 is 5.97 Å². The molecular weight excluding hydrogens is 272 g/mol. The van der Waals surface area contributed by atoms with Gasteiger partial charge in [0.1, 0.15) is 9.84 Å². The van der Waals surface area contributed by atoms with E-state index in [-0.39, 0.29) is 50.0 Å². The lowest BCUT2D eigenvalue weighted by atomic mass is 9.79. The predicted octanol–water partition coefficient (Wildman–Crippen LogP) is 0.350. The zero-order valence-corrected chi connectivity index (χ0v) is 12.1. The number of esters is 1. The number of carbonyl (C=O) groups excluding carboxylic acids is 2. The molecule has 0 aromatic heterocycles. The van der Waals surface area contributed by atoms with E-state index in [1.54, 1.807) is 6.92 Å². The van der Waals surface area contributed by atoms with Crippen LogP contribution in [0.25, 0.3) is 0 Å². The number of carbonyl (C=O) groups is 2. The first kappa shape index (κ1) is 16.1. The summed E-state index contributed by atoms with van der Waals surface area (Å²) in [5, 5.41) is 0. The molecule has 1 fully saturated rings. The Morgan fingerprint density at radius 2 is 2.11 bits per heavy atom. The van der Waals surface area contributed by atoms with Gasteiger partial charge in [0.15, 0.2) is 11.2 Å². The van der Waals surface area contributed by atoms with Gasteiger partial charge in [-0.15, -0.1) is 0 Å². The van der Waals surface area contributed by atoms with Crippen LogP contribution in [0.1, 0.15) is 26.7 Å². The van der Waals surface area contributed by atoms with Crippen molar-refractivity contribution in [2.45, 2.75) is 26.7 Å². The van der Waals surface area contributed by atoms with Gasteiger partial charge in [-0.3, -0.25) is 9.59 Å². The normalized spacial score (nSPS) is 24.2. The summed E-state index contributed by atoms with van der Waals surface area (Å²) in [5.74, 6) is -1.19. The lowest BCUT2D eigenvalue weighted by molar-refractivity contribution is -0.169. The van der Waals surface area contributed by atoms with Gasteiger partial charge in [0, 0.05) is 12.2 Å². The van der Waals surface area contributed by atoms with Gasteiger partial charge in [0.05, 0.1) is 25.6 Å². The summed E-state index contributed by atoms with van der Waals surface area (Å²) in [7, 11) is -3.24. The Labute approximate surface area is 113 Å². The fraction of sp³-hybridized carbons (Fsp3) is 0.833. The molecule has 1 unspecified atom stereocenters. The molecule has 7 heteroatoms. The van der Waals surface area contributed by atoms with Crippen molar-refractivity contribution in [2.24, 2.45) is 5.41 Å². The van der Waals surface area contributed by atoms with Gasteiger partial charge in [0.2, 0.25) is 0 Å². The third kappa shape index (κ3) is 3.76. The Bertz CT molecular complexity index is 441. The van der Waals surface area contributed by atoms with E-state index in [1.165, 1.54) is 6.92 Å². The molecule has 0 aromatic rings. The van der Waals surface area contributed by atoms with Crippen molar-refractivity contribution in [3.05, 3.63) is 0 Å². The number of rotatable bonds is 6. The van der Waals surface area contributed by atoms with E-state index in [9.17, 15) is 18.0 Å². The van der Waals surface area contributed by atoms with Crippen LogP contribution in [-0.4, -0.2) is 51.5 Å². The molecule has 1 atom stereocenters.